The second-order valence-electron chi connectivity index (χ2n) is 5.22. The number of halogens is 1. The van der Waals surface area contributed by atoms with E-state index in [1.54, 1.807) is 0 Å². The van der Waals surface area contributed by atoms with Crippen molar-refractivity contribution in [2.75, 3.05) is 13.1 Å². The first-order valence-electron chi connectivity index (χ1n) is 7.29. The Morgan fingerprint density at radius 1 is 1.35 bits per heavy atom. The lowest BCUT2D eigenvalue weighted by molar-refractivity contribution is -0.131. The van der Waals surface area contributed by atoms with E-state index in [1.165, 1.54) is 0 Å². The average Bonchev–Trinajstić information content (AvgIpc) is 2.44. The van der Waals surface area contributed by atoms with Gasteiger partial charge in [-0.3, -0.25) is 4.79 Å². The van der Waals surface area contributed by atoms with E-state index in [4.69, 9.17) is 17.3 Å². The van der Waals surface area contributed by atoms with E-state index in [1.807, 2.05) is 36.1 Å². The topological polar surface area (TPSA) is 46.3 Å². The summed E-state index contributed by atoms with van der Waals surface area (Å²) < 4.78 is 0. The molecule has 1 amide bonds. The number of hydrogen-bond donors (Lipinski definition) is 1. The molecule has 1 aromatic carbocycles. The SMILES string of the molecule is CCN(Cc1ccccc1Cl)C(=O)CCC(C)CCN. The number of rotatable bonds is 8. The van der Waals surface area contributed by atoms with Gasteiger partial charge in [-0.1, -0.05) is 36.7 Å². The summed E-state index contributed by atoms with van der Waals surface area (Å²) in [6.07, 6.45) is 2.46. The zero-order valence-electron chi connectivity index (χ0n) is 12.4. The molecule has 3 nitrogen and oxygen atoms in total. The summed E-state index contributed by atoms with van der Waals surface area (Å²) >= 11 is 6.15. The van der Waals surface area contributed by atoms with E-state index in [0.29, 0.717) is 32.0 Å². The second kappa shape index (κ2) is 8.98. The van der Waals surface area contributed by atoms with Crippen LogP contribution in [0.4, 0.5) is 0 Å². The van der Waals surface area contributed by atoms with E-state index in [0.717, 1.165) is 23.4 Å². The standard InChI is InChI=1S/C16H25ClN2O/c1-3-19(12-14-6-4-5-7-15(14)17)16(20)9-8-13(2)10-11-18/h4-7,13H,3,8-12,18H2,1-2H3. The number of nitrogens with two attached hydrogens (primary N) is 1. The molecule has 0 fully saturated rings. The van der Waals surface area contributed by atoms with Crippen LogP contribution in [0.15, 0.2) is 24.3 Å². The zero-order valence-corrected chi connectivity index (χ0v) is 13.2. The van der Waals surface area contributed by atoms with Crippen molar-refractivity contribution in [2.45, 2.75) is 39.7 Å². The molecule has 2 N–H and O–H groups in total. The fourth-order valence-electron chi connectivity index (χ4n) is 2.17. The van der Waals surface area contributed by atoms with Gasteiger partial charge in [0.2, 0.25) is 5.91 Å². The first kappa shape index (κ1) is 17.0. The molecule has 1 aromatic rings. The van der Waals surface area contributed by atoms with E-state index < -0.39 is 0 Å². The third kappa shape index (κ3) is 5.51. The van der Waals surface area contributed by atoms with Gasteiger partial charge in [0.1, 0.15) is 0 Å². The highest BCUT2D eigenvalue weighted by Gasteiger charge is 2.14. The van der Waals surface area contributed by atoms with Crippen LogP contribution < -0.4 is 5.73 Å². The van der Waals surface area contributed by atoms with Crippen LogP contribution in [0.1, 0.15) is 38.7 Å². The first-order chi connectivity index (χ1) is 9.58. The normalized spacial score (nSPS) is 12.2. The lowest BCUT2D eigenvalue weighted by Crippen LogP contribution is -2.30. The predicted octanol–water partition coefficient (Wildman–Crippen LogP) is 3.45. The second-order valence-corrected chi connectivity index (χ2v) is 5.63. The quantitative estimate of drug-likeness (QED) is 0.798. The van der Waals surface area contributed by atoms with Gasteiger partial charge < -0.3 is 10.6 Å². The van der Waals surface area contributed by atoms with Gasteiger partial charge >= 0.3 is 0 Å². The number of benzene rings is 1. The highest BCUT2D eigenvalue weighted by molar-refractivity contribution is 6.31. The number of amides is 1. The van der Waals surface area contributed by atoms with Crippen molar-refractivity contribution < 1.29 is 4.79 Å². The van der Waals surface area contributed by atoms with Gasteiger partial charge in [-0.05, 0) is 43.9 Å². The minimum Gasteiger partial charge on any atom is -0.339 e. The monoisotopic (exact) mass is 296 g/mol. The molecule has 0 aromatic heterocycles. The van der Waals surface area contributed by atoms with Crippen molar-refractivity contribution in [3.8, 4) is 0 Å². The molecule has 4 heteroatoms. The molecule has 1 atom stereocenters. The van der Waals surface area contributed by atoms with Gasteiger partial charge in [-0.2, -0.15) is 0 Å². The molecule has 1 rings (SSSR count). The Balaban J connectivity index is 2.53. The van der Waals surface area contributed by atoms with Crippen molar-refractivity contribution in [3.05, 3.63) is 34.9 Å². The summed E-state index contributed by atoms with van der Waals surface area (Å²) in [4.78, 5) is 14.1. The van der Waals surface area contributed by atoms with Crippen LogP contribution in [0, 0.1) is 5.92 Å². The van der Waals surface area contributed by atoms with Crippen LogP contribution in [0.5, 0.6) is 0 Å². The molecule has 0 saturated carbocycles. The fraction of sp³-hybridized carbons (Fsp3) is 0.562. The minimum atomic E-state index is 0.191. The molecule has 0 bridgehead atoms. The molecule has 0 saturated heterocycles. The highest BCUT2D eigenvalue weighted by Crippen LogP contribution is 2.18. The molecule has 0 aliphatic carbocycles. The Hall–Kier alpha value is -1.06. The van der Waals surface area contributed by atoms with E-state index in [2.05, 4.69) is 6.92 Å². The number of carbonyl (C=O) groups is 1. The van der Waals surface area contributed by atoms with Crippen LogP contribution >= 0.6 is 11.6 Å². The maximum absolute atomic E-state index is 12.3. The molecule has 0 aliphatic rings. The van der Waals surface area contributed by atoms with E-state index in [9.17, 15) is 4.79 Å². The van der Waals surface area contributed by atoms with Crippen molar-refractivity contribution >= 4 is 17.5 Å². The fourth-order valence-corrected chi connectivity index (χ4v) is 2.36. The third-order valence-corrected chi connectivity index (χ3v) is 3.93. The maximum atomic E-state index is 12.3. The largest absolute Gasteiger partial charge is 0.339 e. The Kier molecular flexibility index (Phi) is 7.63. The minimum absolute atomic E-state index is 0.191. The lowest BCUT2D eigenvalue weighted by Gasteiger charge is -2.22. The van der Waals surface area contributed by atoms with Crippen LogP contribution in [0.2, 0.25) is 5.02 Å². The molecule has 0 spiro atoms. The highest BCUT2D eigenvalue weighted by atomic mass is 35.5. The van der Waals surface area contributed by atoms with Gasteiger partial charge in [0.25, 0.3) is 0 Å². The molecule has 1 unspecified atom stereocenters. The van der Waals surface area contributed by atoms with Crippen molar-refractivity contribution in [1.29, 1.82) is 0 Å². The van der Waals surface area contributed by atoms with Crippen molar-refractivity contribution in [1.82, 2.24) is 4.90 Å². The first-order valence-corrected chi connectivity index (χ1v) is 7.67. The van der Waals surface area contributed by atoms with Crippen molar-refractivity contribution in [2.24, 2.45) is 11.7 Å². The summed E-state index contributed by atoms with van der Waals surface area (Å²) in [6.45, 7) is 6.12. The Bertz CT molecular complexity index is 423. The van der Waals surface area contributed by atoms with Crippen LogP contribution in [-0.4, -0.2) is 23.9 Å². The van der Waals surface area contributed by atoms with E-state index >= 15 is 0 Å². The average molecular weight is 297 g/mol. The maximum Gasteiger partial charge on any atom is 0.222 e. The molecular weight excluding hydrogens is 272 g/mol. The summed E-state index contributed by atoms with van der Waals surface area (Å²) in [7, 11) is 0. The Morgan fingerprint density at radius 3 is 2.65 bits per heavy atom. The third-order valence-electron chi connectivity index (χ3n) is 3.56. The Labute approximate surface area is 127 Å². The predicted molar refractivity (Wildman–Crippen MR) is 84.6 cm³/mol. The summed E-state index contributed by atoms with van der Waals surface area (Å²) in [5, 5.41) is 0.718. The molecular formula is C16H25ClN2O. The molecule has 112 valence electrons. The van der Waals surface area contributed by atoms with Gasteiger partial charge in [0.05, 0.1) is 0 Å². The summed E-state index contributed by atoms with van der Waals surface area (Å²) in [5.41, 5.74) is 6.53. The van der Waals surface area contributed by atoms with Gasteiger partial charge in [-0.15, -0.1) is 0 Å². The zero-order chi connectivity index (χ0) is 15.0. The van der Waals surface area contributed by atoms with Crippen molar-refractivity contribution in [3.63, 3.8) is 0 Å². The summed E-state index contributed by atoms with van der Waals surface area (Å²) in [5.74, 6) is 0.694. The van der Waals surface area contributed by atoms with Crippen LogP contribution in [0.3, 0.4) is 0 Å². The molecule has 20 heavy (non-hydrogen) atoms. The molecule has 0 radical (unpaired) electrons. The van der Waals surface area contributed by atoms with Gasteiger partial charge in [-0.25, -0.2) is 0 Å². The number of nitrogens with zero attached hydrogens (tertiary/aromatic N) is 1. The van der Waals surface area contributed by atoms with Crippen LogP contribution in [-0.2, 0) is 11.3 Å². The molecule has 0 aliphatic heterocycles. The summed E-state index contributed by atoms with van der Waals surface area (Å²) in [6, 6.07) is 7.68. The molecule has 0 heterocycles. The van der Waals surface area contributed by atoms with Gasteiger partial charge in [0, 0.05) is 24.5 Å². The number of hydrogen-bond acceptors (Lipinski definition) is 2. The van der Waals surface area contributed by atoms with Gasteiger partial charge in [0.15, 0.2) is 0 Å². The Morgan fingerprint density at radius 2 is 2.05 bits per heavy atom. The van der Waals surface area contributed by atoms with Crippen LogP contribution in [0.25, 0.3) is 0 Å². The number of carbonyl (C=O) groups excluding carboxylic acids is 1. The lowest BCUT2D eigenvalue weighted by atomic mass is 10.0. The van der Waals surface area contributed by atoms with E-state index in [-0.39, 0.29) is 5.91 Å². The smallest absolute Gasteiger partial charge is 0.222 e.